The van der Waals surface area contributed by atoms with Gasteiger partial charge >= 0.3 is 0 Å². The first-order chi connectivity index (χ1) is 7.54. The molecule has 3 heteroatoms. The van der Waals surface area contributed by atoms with Crippen molar-refractivity contribution in [3.63, 3.8) is 0 Å². The van der Waals surface area contributed by atoms with Crippen molar-refractivity contribution in [1.82, 2.24) is 5.32 Å². The summed E-state index contributed by atoms with van der Waals surface area (Å²) in [5.41, 5.74) is 1.20. The van der Waals surface area contributed by atoms with Crippen molar-refractivity contribution in [1.29, 1.82) is 0 Å². The van der Waals surface area contributed by atoms with E-state index in [9.17, 15) is 0 Å². The highest BCUT2D eigenvalue weighted by atomic mass is 79.9. The van der Waals surface area contributed by atoms with Crippen molar-refractivity contribution in [2.45, 2.75) is 26.8 Å². The molecule has 0 saturated heterocycles. The summed E-state index contributed by atoms with van der Waals surface area (Å²) in [6.07, 6.45) is 0. The summed E-state index contributed by atoms with van der Waals surface area (Å²) >= 11 is 3.47. The quantitative estimate of drug-likeness (QED) is 0.889. The maximum atomic E-state index is 5.83. The Bertz CT molecular complexity index is 339. The first-order valence-corrected chi connectivity index (χ1v) is 6.43. The molecule has 0 fully saturated rings. The summed E-state index contributed by atoms with van der Waals surface area (Å²) in [6.45, 7) is 7.18. The first-order valence-electron chi connectivity index (χ1n) is 5.64. The van der Waals surface area contributed by atoms with Gasteiger partial charge in [0.2, 0.25) is 0 Å². The second-order valence-electron chi connectivity index (χ2n) is 4.40. The fourth-order valence-electron chi connectivity index (χ4n) is 1.40. The van der Waals surface area contributed by atoms with Crippen LogP contribution in [0.25, 0.3) is 0 Å². The zero-order valence-corrected chi connectivity index (χ0v) is 12.0. The average Bonchev–Trinajstić information content (AvgIpc) is 2.25. The third-order valence-electron chi connectivity index (χ3n) is 2.45. The lowest BCUT2D eigenvalue weighted by atomic mass is 10.1. The molecule has 0 radical (unpaired) electrons. The summed E-state index contributed by atoms with van der Waals surface area (Å²) < 4.78 is 6.89. The molecule has 90 valence electrons. The van der Waals surface area contributed by atoms with Gasteiger partial charge in [-0.1, -0.05) is 35.8 Å². The third kappa shape index (κ3) is 3.80. The lowest BCUT2D eigenvalue weighted by molar-refractivity contribution is 0.266. The van der Waals surface area contributed by atoms with Crippen molar-refractivity contribution in [2.24, 2.45) is 5.92 Å². The molecule has 0 aliphatic carbocycles. The SMILES string of the molecule is CNC(C)c1ccc(Br)cc1OCC(C)C. The largest absolute Gasteiger partial charge is 0.493 e. The molecule has 1 rings (SSSR count). The van der Waals surface area contributed by atoms with Crippen molar-refractivity contribution >= 4 is 15.9 Å². The van der Waals surface area contributed by atoms with E-state index in [4.69, 9.17) is 4.74 Å². The van der Waals surface area contributed by atoms with E-state index in [2.05, 4.69) is 48.1 Å². The van der Waals surface area contributed by atoms with Crippen LogP contribution >= 0.6 is 15.9 Å². The van der Waals surface area contributed by atoms with E-state index in [1.165, 1.54) is 5.56 Å². The fraction of sp³-hybridized carbons (Fsp3) is 0.538. The Kier molecular flexibility index (Phi) is 5.29. The molecule has 1 atom stereocenters. The number of hydrogen-bond acceptors (Lipinski definition) is 2. The number of halogens is 1. The minimum absolute atomic E-state index is 0.301. The van der Waals surface area contributed by atoms with E-state index < -0.39 is 0 Å². The molecule has 1 aromatic carbocycles. The Morgan fingerprint density at radius 3 is 2.56 bits per heavy atom. The van der Waals surface area contributed by atoms with Gasteiger partial charge in [-0.15, -0.1) is 0 Å². The summed E-state index contributed by atoms with van der Waals surface area (Å²) in [5, 5.41) is 3.23. The van der Waals surface area contributed by atoms with Gasteiger partial charge in [-0.05, 0) is 32.0 Å². The predicted molar refractivity (Wildman–Crippen MR) is 71.9 cm³/mol. The Morgan fingerprint density at radius 1 is 1.31 bits per heavy atom. The number of nitrogens with one attached hydrogen (secondary N) is 1. The van der Waals surface area contributed by atoms with Crippen molar-refractivity contribution in [3.05, 3.63) is 28.2 Å². The summed E-state index contributed by atoms with van der Waals surface area (Å²) in [4.78, 5) is 0. The van der Waals surface area contributed by atoms with Crippen LogP contribution in [0.3, 0.4) is 0 Å². The third-order valence-corrected chi connectivity index (χ3v) is 2.94. The molecule has 0 aromatic heterocycles. The molecule has 16 heavy (non-hydrogen) atoms. The Hall–Kier alpha value is -0.540. The summed E-state index contributed by atoms with van der Waals surface area (Å²) in [7, 11) is 1.96. The molecule has 1 N–H and O–H groups in total. The number of rotatable bonds is 5. The summed E-state index contributed by atoms with van der Waals surface area (Å²) in [6, 6.07) is 6.48. The Balaban J connectivity index is 2.89. The normalized spacial score (nSPS) is 12.9. The van der Waals surface area contributed by atoms with Gasteiger partial charge in [-0.2, -0.15) is 0 Å². The minimum atomic E-state index is 0.301. The second-order valence-corrected chi connectivity index (χ2v) is 5.31. The lowest BCUT2D eigenvalue weighted by Crippen LogP contribution is -2.15. The molecular weight excluding hydrogens is 266 g/mol. The van der Waals surface area contributed by atoms with Crippen molar-refractivity contribution < 1.29 is 4.74 Å². The predicted octanol–water partition coefficient (Wildman–Crippen LogP) is 3.76. The van der Waals surface area contributed by atoms with Crippen LogP contribution < -0.4 is 10.1 Å². The van der Waals surface area contributed by atoms with E-state index in [0.29, 0.717) is 12.0 Å². The van der Waals surface area contributed by atoms with Crippen LogP contribution in [0.1, 0.15) is 32.4 Å². The molecule has 0 heterocycles. The van der Waals surface area contributed by atoms with Gasteiger partial charge < -0.3 is 10.1 Å². The second kappa shape index (κ2) is 6.26. The van der Waals surface area contributed by atoms with Gasteiger partial charge in [0, 0.05) is 16.1 Å². The smallest absolute Gasteiger partial charge is 0.125 e. The highest BCUT2D eigenvalue weighted by molar-refractivity contribution is 9.10. The topological polar surface area (TPSA) is 21.3 Å². The van der Waals surface area contributed by atoms with Crippen LogP contribution in [0.4, 0.5) is 0 Å². The molecule has 1 aromatic rings. The van der Waals surface area contributed by atoms with Crippen LogP contribution in [0.15, 0.2) is 22.7 Å². The van der Waals surface area contributed by atoms with Gasteiger partial charge in [0.25, 0.3) is 0 Å². The molecule has 0 spiro atoms. The maximum absolute atomic E-state index is 5.83. The van der Waals surface area contributed by atoms with Gasteiger partial charge in [0.15, 0.2) is 0 Å². The van der Waals surface area contributed by atoms with E-state index in [1.807, 2.05) is 19.2 Å². The van der Waals surface area contributed by atoms with Crippen LogP contribution in [0, 0.1) is 5.92 Å². The highest BCUT2D eigenvalue weighted by Crippen LogP contribution is 2.28. The number of hydrogen-bond donors (Lipinski definition) is 1. The Morgan fingerprint density at radius 2 is 2.00 bits per heavy atom. The highest BCUT2D eigenvalue weighted by Gasteiger charge is 2.10. The van der Waals surface area contributed by atoms with E-state index in [0.717, 1.165) is 16.8 Å². The van der Waals surface area contributed by atoms with Crippen LogP contribution in [-0.4, -0.2) is 13.7 Å². The van der Waals surface area contributed by atoms with Gasteiger partial charge in [-0.25, -0.2) is 0 Å². The van der Waals surface area contributed by atoms with Gasteiger partial charge in [0.05, 0.1) is 6.61 Å². The Labute approximate surface area is 107 Å². The van der Waals surface area contributed by atoms with Gasteiger partial charge in [-0.3, -0.25) is 0 Å². The standard InChI is InChI=1S/C13H20BrNO/c1-9(2)8-16-13-7-11(14)5-6-12(13)10(3)15-4/h5-7,9-10,15H,8H2,1-4H3. The number of ether oxygens (including phenoxy) is 1. The maximum Gasteiger partial charge on any atom is 0.125 e. The molecule has 0 bridgehead atoms. The van der Waals surface area contributed by atoms with Crippen LogP contribution in [0.2, 0.25) is 0 Å². The van der Waals surface area contributed by atoms with Crippen molar-refractivity contribution in [2.75, 3.05) is 13.7 Å². The monoisotopic (exact) mass is 285 g/mol. The molecule has 0 aliphatic rings. The van der Waals surface area contributed by atoms with E-state index in [-0.39, 0.29) is 0 Å². The van der Waals surface area contributed by atoms with Gasteiger partial charge in [0.1, 0.15) is 5.75 Å². The summed E-state index contributed by atoms with van der Waals surface area (Å²) in [5.74, 6) is 1.50. The molecular formula is C13H20BrNO. The molecule has 0 aliphatic heterocycles. The molecule has 1 unspecified atom stereocenters. The minimum Gasteiger partial charge on any atom is -0.493 e. The first kappa shape index (κ1) is 13.5. The lowest BCUT2D eigenvalue weighted by Gasteiger charge is -2.17. The average molecular weight is 286 g/mol. The zero-order chi connectivity index (χ0) is 12.1. The van der Waals surface area contributed by atoms with Crippen LogP contribution in [0.5, 0.6) is 5.75 Å². The molecule has 0 amide bonds. The number of benzene rings is 1. The van der Waals surface area contributed by atoms with Crippen molar-refractivity contribution in [3.8, 4) is 5.75 Å². The fourth-order valence-corrected chi connectivity index (χ4v) is 1.74. The zero-order valence-electron chi connectivity index (χ0n) is 10.4. The van der Waals surface area contributed by atoms with E-state index >= 15 is 0 Å². The van der Waals surface area contributed by atoms with Crippen LogP contribution in [-0.2, 0) is 0 Å². The van der Waals surface area contributed by atoms with E-state index in [1.54, 1.807) is 0 Å². The molecule has 0 saturated carbocycles. The molecule has 2 nitrogen and oxygen atoms in total.